The molecule has 0 unspecified atom stereocenters. The summed E-state index contributed by atoms with van der Waals surface area (Å²) in [5, 5.41) is 4.29. The quantitative estimate of drug-likeness (QED) is 0.478. The van der Waals surface area contributed by atoms with E-state index in [1.807, 2.05) is 51.1 Å². The molecule has 0 N–H and O–H groups in total. The minimum Gasteiger partial charge on any atom is -0.466 e. The molecule has 0 aliphatic carbocycles. The molecular weight excluding hydrogens is 472 g/mol. The van der Waals surface area contributed by atoms with Gasteiger partial charge < -0.3 is 9.64 Å². The Hall–Kier alpha value is -4.01. The maximum atomic E-state index is 13.6. The van der Waals surface area contributed by atoms with E-state index in [4.69, 9.17) is 4.74 Å². The fraction of sp³-hybridized carbons (Fsp3) is 0.393. The molecule has 0 bridgehead atoms. The average Bonchev–Trinajstić information content (AvgIpc) is 2.86. The number of benzene rings is 2. The van der Waals surface area contributed by atoms with Crippen molar-refractivity contribution in [1.82, 2.24) is 19.2 Å². The number of hydrogen-bond acceptors (Lipinski definition) is 6. The third-order valence-corrected chi connectivity index (χ3v) is 6.47. The molecule has 1 aliphatic rings. The first kappa shape index (κ1) is 26.1. The first-order valence-corrected chi connectivity index (χ1v) is 12.5. The second-order valence-electron chi connectivity index (χ2n) is 9.61. The first-order chi connectivity index (χ1) is 17.7. The molecule has 194 valence electrons. The van der Waals surface area contributed by atoms with Crippen LogP contribution in [0.5, 0.6) is 0 Å². The highest BCUT2D eigenvalue weighted by Crippen LogP contribution is 2.19. The standard InChI is InChI=1S/C28H32N4O5/c1-5-37-27(35)22-10-7-11-30(17-22)25(33)24-26(34)31(16-21-9-6-8-18(2)13-21)28(36)32(29-24)23-14-19(3)12-20(4)15-23/h6,8-9,12-15,22H,5,7,10-11,16-17H2,1-4H3/t22-/m1/s1. The number of piperidine rings is 1. The maximum Gasteiger partial charge on any atom is 0.352 e. The van der Waals surface area contributed by atoms with Gasteiger partial charge in [-0.25, -0.2) is 4.79 Å². The summed E-state index contributed by atoms with van der Waals surface area (Å²) in [6, 6.07) is 13.0. The highest BCUT2D eigenvalue weighted by atomic mass is 16.5. The van der Waals surface area contributed by atoms with Gasteiger partial charge in [-0.1, -0.05) is 35.9 Å². The van der Waals surface area contributed by atoms with Crippen LogP contribution in [-0.2, 0) is 16.1 Å². The smallest absolute Gasteiger partial charge is 0.352 e. The van der Waals surface area contributed by atoms with Crippen LogP contribution in [-0.4, -0.2) is 50.8 Å². The van der Waals surface area contributed by atoms with E-state index in [9.17, 15) is 19.2 Å². The minimum atomic E-state index is -0.754. The molecule has 1 atom stereocenters. The lowest BCUT2D eigenvalue weighted by molar-refractivity contribution is -0.149. The molecule has 0 spiro atoms. The van der Waals surface area contributed by atoms with E-state index in [1.165, 1.54) is 4.90 Å². The van der Waals surface area contributed by atoms with Crippen molar-refractivity contribution in [2.24, 2.45) is 5.92 Å². The lowest BCUT2D eigenvalue weighted by Crippen LogP contribution is -2.49. The summed E-state index contributed by atoms with van der Waals surface area (Å²) in [6.45, 7) is 8.25. The summed E-state index contributed by atoms with van der Waals surface area (Å²) in [4.78, 5) is 54.5. The Bertz CT molecular complexity index is 1440. The van der Waals surface area contributed by atoms with Gasteiger partial charge in [0.2, 0.25) is 5.69 Å². The molecule has 9 heteroatoms. The van der Waals surface area contributed by atoms with Gasteiger partial charge in [0.15, 0.2) is 0 Å². The van der Waals surface area contributed by atoms with Crippen LogP contribution in [0.1, 0.15) is 52.5 Å². The molecule has 2 heterocycles. The number of rotatable bonds is 6. The first-order valence-electron chi connectivity index (χ1n) is 12.5. The molecule has 37 heavy (non-hydrogen) atoms. The van der Waals surface area contributed by atoms with E-state index >= 15 is 0 Å². The fourth-order valence-electron chi connectivity index (χ4n) is 4.79. The van der Waals surface area contributed by atoms with Crippen LogP contribution in [0.3, 0.4) is 0 Å². The van der Waals surface area contributed by atoms with Gasteiger partial charge in [-0.3, -0.25) is 19.0 Å². The third-order valence-electron chi connectivity index (χ3n) is 6.47. The normalized spacial score (nSPS) is 15.5. The summed E-state index contributed by atoms with van der Waals surface area (Å²) < 4.78 is 7.32. The highest BCUT2D eigenvalue weighted by Gasteiger charge is 2.32. The van der Waals surface area contributed by atoms with Gasteiger partial charge in [0.1, 0.15) is 0 Å². The Morgan fingerprint density at radius 3 is 2.43 bits per heavy atom. The summed E-state index contributed by atoms with van der Waals surface area (Å²) in [6.07, 6.45) is 1.21. The SMILES string of the molecule is CCOC(=O)[C@@H]1CCCN(C(=O)c2nn(-c3cc(C)cc(C)c3)c(=O)n(Cc3cccc(C)c3)c2=O)C1. The molecule has 1 amide bonds. The lowest BCUT2D eigenvalue weighted by Gasteiger charge is -2.31. The van der Waals surface area contributed by atoms with Crippen LogP contribution in [0, 0.1) is 26.7 Å². The molecule has 1 fully saturated rings. The van der Waals surface area contributed by atoms with Crippen LogP contribution in [0.25, 0.3) is 5.69 Å². The summed E-state index contributed by atoms with van der Waals surface area (Å²) in [7, 11) is 0. The van der Waals surface area contributed by atoms with Crippen molar-refractivity contribution >= 4 is 11.9 Å². The van der Waals surface area contributed by atoms with Gasteiger partial charge in [0.25, 0.3) is 11.5 Å². The van der Waals surface area contributed by atoms with E-state index in [1.54, 1.807) is 19.1 Å². The topological polar surface area (TPSA) is 104 Å². The molecule has 1 saturated heterocycles. The van der Waals surface area contributed by atoms with Gasteiger partial charge in [0.05, 0.1) is 24.8 Å². The Balaban J connectivity index is 1.82. The minimum absolute atomic E-state index is 0.00159. The Morgan fingerprint density at radius 2 is 1.76 bits per heavy atom. The summed E-state index contributed by atoms with van der Waals surface area (Å²) in [5.74, 6) is -1.42. The maximum absolute atomic E-state index is 13.6. The molecule has 1 aromatic heterocycles. The van der Waals surface area contributed by atoms with Crippen molar-refractivity contribution < 1.29 is 14.3 Å². The van der Waals surface area contributed by atoms with Crippen molar-refractivity contribution in [1.29, 1.82) is 0 Å². The predicted octanol–water partition coefficient (Wildman–Crippen LogP) is 2.78. The van der Waals surface area contributed by atoms with Crippen LogP contribution in [0.2, 0.25) is 0 Å². The number of amides is 1. The number of likely N-dealkylation sites (tertiary alicyclic amines) is 1. The Labute approximate surface area is 215 Å². The van der Waals surface area contributed by atoms with Crippen LogP contribution >= 0.6 is 0 Å². The van der Waals surface area contributed by atoms with E-state index in [0.29, 0.717) is 25.1 Å². The number of carbonyl (C=O) groups excluding carboxylic acids is 2. The van der Waals surface area contributed by atoms with E-state index < -0.39 is 23.1 Å². The highest BCUT2D eigenvalue weighted by molar-refractivity contribution is 5.92. The van der Waals surface area contributed by atoms with Crippen LogP contribution in [0.4, 0.5) is 0 Å². The zero-order valence-corrected chi connectivity index (χ0v) is 21.7. The Morgan fingerprint density at radius 1 is 1.03 bits per heavy atom. The van der Waals surface area contributed by atoms with Crippen molar-refractivity contribution in [2.75, 3.05) is 19.7 Å². The van der Waals surface area contributed by atoms with Crippen molar-refractivity contribution in [2.45, 2.75) is 47.1 Å². The molecule has 0 saturated carbocycles. The van der Waals surface area contributed by atoms with E-state index in [0.717, 1.165) is 31.5 Å². The van der Waals surface area contributed by atoms with Gasteiger partial charge in [-0.2, -0.15) is 9.78 Å². The van der Waals surface area contributed by atoms with Gasteiger partial charge >= 0.3 is 11.7 Å². The number of nitrogens with zero attached hydrogens (tertiary/aromatic N) is 4. The number of aromatic nitrogens is 3. The van der Waals surface area contributed by atoms with Crippen molar-refractivity contribution in [3.8, 4) is 5.69 Å². The molecular formula is C28H32N4O5. The van der Waals surface area contributed by atoms with Gasteiger partial charge in [-0.05, 0) is 69.4 Å². The van der Waals surface area contributed by atoms with Gasteiger partial charge in [0, 0.05) is 13.1 Å². The number of aryl methyl sites for hydroxylation is 3. The second kappa shape index (κ2) is 10.9. The van der Waals surface area contributed by atoms with Crippen LogP contribution < -0.4 is 11.2 Å². The number of carbonyl (C=O) groups is 2. The summed E-state index contributed by atoms with van der Waals surface area (Å²) >= 11 is 0. The fourth-order valence-corrected chi connectivity index (χ4v) is 4.79. The predicted molar refractivity (Wildman–Crippen MR) is 139 cm³/mol. The number of ether oxygens (including phenoxy) is 1. The molecule has 9 nitrogen and oxygen atoms in total. The molecule has 4 rings (SSSR count). The average molecular weight is 505 g/mol. The lowest BCUT2D eigenvalue weighted by atomic mass is 9.98. The van der Waals surface area contributed by atoms with Gasteiger partial charge in [-0.15, -0.1) is 0 Å². The van der Waals surface area contributed by atoms with Crippen molar-refractivity contribution in [3.05, 3.63) is 91.3 Å². The molecule has 1 aliphatic heterocycles. The Kier molecular flexibility index (Phi) is 7.71. The number of hydrogen-bond donors (Lipinski definition) is 0. The van der Waals surface area contributed by atoms with Crippen LogP contribution in [0.15, 0.2) is 52.1 Å². The molecule has 0 radical (unpaired) electrons. The largest absolute Gasteiger partial charge is 0.466 e. The summed E-state index contributed by atoms with van der Waals surface area (Å²) in [5.41, 5.74) is 2.32. The molecule has 2 aromatic carbocycles. The molecule has 3 aromatic rings. The zero-order chi connectivity index (χ0) is 26.7. The van der Waals surface area contributed by atoms with E-state index in [2.05, 4.69) is 5.10 Å². The number of esters is 1. The third kappa shape index (κ3) is 5.71. The van der Waals surface area contributed by atoms with Crippen molar-refractivity contribution in [3.63, 3.8) is 0 Å². The zero-order valence-electron chi connectivity index (χ0n) is 21.7. The monoisotopic (exact) mass is 504 g/mol. The van der Waals surface area contributed by atoms with E-state index in [-0.39, 0.29) is 31.4 Å². The second-order valence-corrected chi connectivity index (χ2v) is 9.61.